The van der Waals surface area contributed by atoms with Crippen molar-refractivity contribution in [1.82, 2.24) is 10.2 Å². The molecule has 0 atom stereocenters. The predicted octanol–water partition coefficient (Wildman–Crippen LogP) is 3.37. The molecule has 0 radical (unpaired) electrons. The van der Waals surface area contributed by atoms with Gasteiger partial charge in [-0.15, -0.1) is 11.3 Å². The third kappa shape index (κ3) is 3.80. The highest BCUT2D eigenvalue weighted by molar-refractivity contribution is 9.11. The summed E-state index contributed by atoms with van der Waals surface area (Å²) in [5, 5.41) is 3.36. The second-order valence-electron chi connectivity index (χ2n) is 5.58. The SMILES string of the molecule is CNCC1(CN(C)CCc2ccc(Br)s2)CCC1. The molecule has 0 aliphatic heterocycles. The summed E-state index contributed by atoms with van der Waals surface area (Å²) in [5.74, 6) is 0. The summed E-state index contributed by atoms with van der Waals surface area (Å²) < 4.78 is 1.24. The summed E-state index contributed by atoms with van der Waals surface area (Å²) in [6.45, 7) is 3.57. The Hall–Kier alpha value is 0.1000. The van der Waals surface area contributed by atoms with Crippen molar-refractivity contribution in [3.63, 3.8) is 0 Å². The van der Waals surface area contributed by atoms with E-state index in [0.29, 0.717) is 5.41 Å². The lowest BCUT2D eigenvalue weighted by Crippen LogP contribution is -2.47. The molecule has 1 fully saturated rings. The molecule has 1 saturated carbocycles. The second kappa shape index (κ2) is 6.51. The lowest BCUT2D eigenvalue weighted by atomic mass is 9.68. The van der Waals surface area contributed by atoms with Gasteiger partial charge in [-0.25, -0.2) is 0 Å². The molecule has 1 N–H and O–H groups in total. The minimum absolute atomic E-state index is 0.555. The number of rotatable bonds is 7. The molecule has 0 saturated heterocycles. The highest BCUT2D eigenvalue weighted by Gasteiger charge is 2.36. The van der Waals surface area contributed by atoms with Crippen molar-refractivity contribution in [1.29, 1.82) is 0 Å². The van der Waals surface area contributed by atoms with Crippen molar-refractivity contribution in [3.05, 3.63) is 20.8 Å². The number of nitrogens with one attached hydrogen (secondary N) is 1. The molecule has 4 heteroatoms. The van der Waals surface area contributed by atoms with Crippen LogP contribution in [0.4, 0.5) is 0 Å². The van der Waals surface area contributed by atoms with Gasteiger partial charge in [-0.05, 0) is 66.8 Å². The molecule has 1 aliphatic carbocycles. The number of nitrogens with zero attached hydrogens (tertiary/aromatic N) is 1. The van der Waals surface area contributed by atoms with Crippen molar-refractivity contribution < 1.29 is 0 Å². The van der Waals surface area contributed by atoms with E-state index in [1.54, 1.807) is 0 Å². The van der Waals surface area contributed by atoms with Gasteiger partial charge in [0.25, 0.3) is 0 Å². The quantitative estimate of drug-likeness (QED) is 0.824. The smallest absolute Gasteiger partial charge is 0.0701 e. The molecule has 2 rings (SSSR count). The van der Waals surface area contributed by atoms with Crippen LogP contribution in [0.5, 0.6) is 0 Å². The minimum Gasteiger partial charge on any atom is -0.319 e. The Morgan fingerprint density at radius 1 is 1.44 bits per heavy atom. The first-order valence-electron chi connectivity index (χ1n) is 6.71. The Bertz CT molecular complexity index is 374. The zero-order valence-corrected chi connectivity index (χ0v) is 13.7. The molecule has 0 amide bonds. The van der Waals surface area contributed by atoms with E-state index >= 15 is 0 Å². The minimum atomic E-state index is 0.555. The first-order valence-corrected chi connectivity index (χ1v) is 8.32. The molecular weight excluding hydrogens is 308 g/mol. The Morgan fingerprint density at radius 2 is 2.22 bits per heavy atom. The largest absolute Gasteiger partial charge is 0.319 e. The monoisotopic (exact) mass is 330 g/mol. The molecule has 1 aliphatic rings. The number of hydrogen-bond acceptors (Lipinski definition) is 3. The number of hydrogen-bond donors (Lipinski definition) is 1. The molecule has 1 aromatic rings. The van der Waals surface area contributed by atoms with Crippen LogP contribution in [0.2, 0.25) is 0 Å². The summed E-state index contributed by atoms with van der Waals surface area (Å²) in [4.78, 5) is 3.98. The summed E-state index contributed by atoms with van der Waals surface area (Å²) in [6.07, 6.45) is 5.36. The van der Waals surface area contributed by atoms with Gasteiger partial charge in [0.05, 0.1) is 3.79 Å². The molecule has 1 heterocycles. The zero-order chi connectivity index (χ0) is 13.0. The van der Waals surface area contributed by atoms with Gasteiger partial charge in [0, 0.05) is 24.5 Å². The molecule has 0 bridgehead atoms. The topological polar surface area (TPSA) is 15.3 Å². The van der Waals surface area contributed by atoms with Gasteiger partial charge >= 0.3 is 0 Å². The third-order valence-electron chi connectivity index (χ3n) is 3.94. The molecule has 102 valence electrons. The number of thiophene rings is 1. The van der Waals surface area contributed by atoms with E-state index in [4.69, 9.17) is 0 Å². The van der Waals surface area contributed by atoms with Gasteiger partial charge in [0.1, 0.15) is 0 Å². The average Bonchev–Trinajstić information content (AvgIpc) is 2.70. The van der Waals surface area contributed by atoms with Crippen LogP contribution in [0.15, 0.2) is 15.9 Å². The fourth-order valence-electron chi connectivity index (χ4n) is 2.88. The zero-order valence-electron chi connectivity index (χ0n) is 11.3. The number of likely N-dealkylation sites (N-methyl/N-ethyl adjacent to an activating group) is 1. The molecule has 0 aromatic carbocycles. The summed E-state index contributed by atoms with van der Waals surface area (Å²) in [6, 6.07) is 4.38. The highest BCUT2D eigenvalue weighted by Crippen LogP contribution is 2.40. The van der Waals surface area contributed by atoms with Gasteiger partial charge in [0.15, 0.2) is 0 Å². The van der Waals surface area contributed by atoms with Gasteiger partial charge in [-0.2, -0.15) is 0 Å². The van der Waals surface area contributed by atoms with Crippen LogP contribution in [0.25, 0.3) is 0 Å². The van der Waals surface area contributed by atoms with Crippen LogP contribution in [-0.4, -0.2) is 38.6 Å². The standard InChI is InChI=1S/C14H23BrN2S/c1-16-10-14(7-3-8-14)11-17(2)9-6-12-4-5-13(15)18-12/h4-5,16H,3,6-11H2,1-2H3. The molecule has 2 nitrogen and oxygen atoms in total. The summed E-state index contributed by atoms with van der Waals surface area (Å²) >= 11 is 5.38. The van der Waals surface area contributed by atoms with Crippen LogP contribution < -0.4 is 5.32 Å². The van der Waals surface area contributed by atoms with Gasteiger partial charge in [-0.3, -0.25) is 0 Å². The molecular formula is C14H23BrN2S. The predicted molar refractivity (Wildman–Crippen MR) is 83.4 cm³/mol. The van der Waals surface area contributed by atoms with Crippen molar-refractivity contribution >= 4 is 27.3 Å². The van der Waals surface area contributed by atoms with Crippen LogP contribution in [0.1, 0.15) is 24.1 Å². The van der Waals surface area contributed by atoms with Crippen LogP contribution in [0, 0.1) is 5.41 Å². The van der Waals surface area contributed by atoms with Crippen LogP contribution in [0.3, 0.4) is 0 Å². The third-order valence-corrected chi connectivity index (χ3v) is 5.62. The lowest BCUT2D eigenvalue weighted by Gasteiger charge is -2.44. The van der Waals surface area contributed by atoms with Gasteiger partial charge < -0.3 is 10.2 Å². The summed E-state index contributed by atoms with van der Waals surface area (Å²) in [7, 11) is 4.33. The van der Waals surface area contributed by atoms with E-state index in [-0.39, 0.29) is 0 Å². The van der Waals surface area contributed by atoms with Crippen molar-refractivity contribution in [2.24, 2.45) is 5.41 Å². The Kier molecular flexibility index (Phi) is 5.24. The maximum atomic E-state index is 3.53. The lowest BCUT2D eigenvalue weighted by molar-refractivity contribution is 0.0804. The van der Waals surface area contributed by atoms with E-state index in [1.165, 1.54) is 54.0 Å². The fraction of sp³-hybridized carbons (Fsp3) is 0.714. The fourth-order valence-corrected chi connectivity index (χ4v) is 4.35. The van der Waals surface area contributed by atoms with E-state index in [0.717, 1.165) is 0 Å². The van der Waals surface area contributed by atoms with Crippen LogP contribution in [-0.2, 0) is 6.42 Å². The van der Waals surface area contributed by atoms with E-state index in [1.807, 2.05) is 11.3 Å². The van der Waals surface area contributed by atoms with Crippen molar-refractivity contribution in [2.45, 2.75) is 25.7 Å². The first kappa shape index (κ1) is 14.5. The average molecular weight is 331 g/mol. The highest BCUT2D eigenvalue weighted by atomic mass is 79.9. The van der Waals surface area contributed by atoms with Gasteiger partial charge in [0.2, 0.25) is 0 Å². The Labute approximate surface area is 123 Å². The Balaban J connectivity index is 1.76. The molecule has 1 aromatic heterocycles. The molecule has 0 spiro atoms. The number of halogens is 1. The summed E-state index contributed by atoms with van der Waals surface area (Å²) in [5.41, 5.74) is 0.555. The Morgan fingerprint density at radius 3 is 2.72 bits per heavy atom. The van der Waals surface area contributed by atoms with Gasteiger partial charge in [-0.1, -0.05) is 6.42 Å². The van der Waals surface area contributed by atoms with Crippen molar-refractivity contribution in [3.8, 4) is 0 Å². The first-order chi connectivity index (χ1) is 8.63. The molecule has 0 unspecified atom stereocenters. The van der Waals surface area contributed by atoms with Crippen LogP contribution >= 0.6 is 27.3 Å². The molecule has 18 heavy (non-hydrogen) atoms. The van der Waals surface area contributed by atoms with E-state index in [9.17, 15) is 0 Å². The van der Waals surface area contributed by atoms with E-state index in [2.05, 4.69) is 52.4 Å². The van der Waals surface area contributed by atoms with Crippen molar-refractivity contribution in [2.75, 3.05) is 33.7 Å². The van der Waals surface area contributed by atoms with E-state index < -0.39 is 0 Å². The normalized spacial score (nSPS) is 18.0. The second-order valence-corrected chi connectivity index (χ2v) is 8.13. The maximum absolute atomic E-state index is 3.53. The maximum Gasteiger partial charge on any atom is 0.0701 e.